The van der Waals surface area contributed by atoms with Crippen molar-refractivity contribution >= 4 is 11.6 Å². The molecule has 30 heavy (non-hydrogen) atoms. The van der Waals surface area contributed by atoms with Crippen LogP contribution in [0.4, 0.5) is 5.69 Å². The van der Waals surface area contributed by atoms with Gasteiger partial charge in [-0.25, -0.2) is 4.98 Å². The minimum Gasteiger partial charge on any atom is -0.456 e. The number of amides is 1. The van der Waals surface area contributed by atoms with E-state index in [1.165, 1.54) is 5.69 Å². The predicted octanol–water partition coefficient (Wildman–Crippen LogP) is 4.30. The quantitative estimate of drug-likeness (QED) is 0.653. The summed E-state index contributed by atoms with van der Waals surface area (Å²) in [5, 5.41) is 0. The Labute approximate surface area is 177 Å². The van der Waals surface area contributed by atoms with E-state index in [-0.39, 0.29) is 11.4 Å². The lowest BCUT2D eigenvalue weighted by atomic mass is 9.88. The van der Waals surface area contributed by atoms with Gasteiger partial charge in [0.05, 0.1) is 17.9 Å². The molecule has 3 aromatic rings. The highest BCUT2D eigenvalue weighted by atomic mass is 16.4. The lowest BCUT2D eigenvalue weighted by Gasteiger charge is -2.47. The van der Waals surface area contributed by atoms with E-state index in [2.05, 4.69) is 52.7 Å². The van der Waals surface area contributed by atoms with Crippen molar-refractivity contribution in [1.29, 1.82) is 0 Å². The molecule has 1 saturated heterocycles. The Hall–Kier alpha value is -3.02. The summed E-state index contributed by atoms with van der Waals surface area (Å²) >= 11 is 0. The normalized spacial score (nSPS) is 20.2. The standard InChI is InChI=1S/C24H28N4O2/c1-16(2)14-28-19-7-5-10-25-22(19)27-11-6-8-21(27)24(28)9-12-26(15-24)23(29)20-13-17(3)18(4)30-20/h5-8,10-11,13,16H,9,12,14-15H2,1-4H3. The molecule has 1 fully saturated rings. The maximum atomic E-state index is 13.3. The summed E-state index contributed by atoms with van der Waals surface area (Å²) in [6.45, 7) is 10.6. The molecule has 1 unspecified atom stereocenters. The Morgan fingerprint density at radius 1 is 1.27 bits per heavy atom. The van der Waals surface area contributed by atoms with Gasteiger partial charge in [0.15, 0.2) is 11.6 Å². The van der Waals surface area contributed by atoms with Gasteiger partial charge < -0.3 is 18.8 Å². The van der Waals surface area contributed by atoms with Crippen LogP contribution in [0.2, 0.25) is 0 Å². The van der Waals surface area contributed by atoms with Crippen LogP contribution in [0.1, 0.15) is 47.8 Å². The van der Waals surface area contributed by atoms with E-state index in [9.17, 15) is 4.79 Å². The molecule has 0 aromatic carbocycles. The van der Waals surface area contributed by atoms with Crippen LogP contribution in [0, 0.1) is 19.8 Å². The average molecular weight is 405 g/mol. The lowest BCUT2D eigenvalue weighted by Crippen LogP contribution is -2.54. The highest BCUT2D eigenvalue weighted by Crippen LogP contribution is 2.47. The molecule has 0 N–H and O–H groups in total. The van der Waals surface area contributed by atoms with Crippen LogP contribution in [0.15, 0.2) is 47.1 Å². The largest absolute Gasteiger partial charge is 0.456 e. The van der Waals surface area contributed by atoms with Crippen LogP contribution in [-0.4, -0.2) is 40.0 Å². The van der Waals surface area contributed by atoms with Crippen LogP contribution in [0.5, 0.6) is 0 Å². The van der Waals surface area contributed by atoms with Gasteiger partial charge in [0, 0.05) is 25.5 Å². The van der Waals surface area contributed by atoms with E-state index < -0.39 is 0 Å². The second-order valence-corrected chi connectivity index (χ2v) is 8.97. The van der Waals surface area contributed by atoms with Crippen molar-refractivity contribution in [1.82, 2.24) is 14.5 Å². The van der Waals surface area contributed by atoms with E-state index >= 15 is 0 Å². The van der Waals surface area contributed by atoms with Gasteiger partial charge in [-0.1, -0.05) is 13.8 Å². The molecule has 2 aliphatic heterocycles. The number of pyridine rings is 1. The Bertz CT molecular complexity index is 1090. The number of furan rings is 1. The number of hydrogen-bond donors (Lipinski definition) is 0. The number of carbonyl (C=O) groups excluding carboxylic acids is 1. The molecule has 0 aliphatic carbocycles. The summed E-state index contributed by atoms with van der Waals surface area (Å²) < 4.78 is 7.94. The van der Waals surface area contributed by atoms with Gasteiger partial charge >= 0.3 is 0 Å². The fourth-order valence-corrected chi connectivity index (χ4v) is 4.97. The van der Waals surface area contributed by atoms with Gasteiger partial charge in [-0.05, 0) is 62.1 Å². The molecule has 5 rings (SSSR count). The molecule has 5 heterocycles. The second kappa shape index (κ2) is 6.76. The Morgan fingerprint density at radius 2 is 2.10 bits per heavy atom. The molecule has 1 amide bonds. The Balaban J connectivity index is 1.57. The van der Waals surface area contributed by atoms with Gasteiger partial charge in [0.1, 0.15) is 11.3 Å². The first-order chi connectivity index (χ1) is 14.4. The SMILES string of the molecule is Cc1cc(C(=O)N2CCC3(C2)c2cccn2-c2ncccc2N3CC(C)C)oc1C. The average Bonchev–Trinajstić information content (AvgIpc) is 3.45. The summed E-state index contributed by atoms with van der Waals surface area (Å²) in [6.07, 6.45) is 4.81. The van der Waals surface area contributed by atoms with Crippen molar-refractivity contribution in [3.8, 4) is 5.82 Å². The zero-order valence-corrected chi connectivity index (χ0v) is 18.1. The molecular formula is C24H28N4O2. The third kappa shape index (κ3) is 2.70. The second-order valence-electron chi connectivity index (χ2n) is 8.97. The summed E-state index contributed by atoms with van der Waals surface area (Å²) in [6, 6.07) is 10.3. The zero-order valence-electron chi connectivity index (χ0n) is 18.1. The molecular weight excluding hydrogens is 376 g/mol. The summed E-state index contributed by atoms with van der Waals surface area (Å²) in [7, 11) is 0. The number of hydrogen-bond acceptors (Lipinski definition) is 4. The number of aryl methyl sites for hydroxylation is 2. The number of fused-ring (bicyclic) bond motifs is 4. The van der Waals surface area contributed by atoms with E-state index in [0.717, 1.165) is 35.8 Å². The number of nitrogens with zero attached hydrogens (tertiary/aromatic N) is 4. The number of likely N-dealkylation sites (tertiary alicyclic amines) is 1. The fourth-order valence-electron chi connectivity index (χ4n) is 4.97. The van der Waals surface area contributed by atoms with Crippen LogP contribution in [0.25, 0.3) is 5.82 Å². The van der Waals surface area contributed by atoms with Crippen molar-refractivity contribution in [2.24, 2.45) is 5.92 Å². The zero-order chi connectivity index (χ0) is 21.0. The van der Waals surface area contributed by atoms with E-state index in [1.807, 2.05) is 37.1 Å². The van der Waals surface area contributed by atoms with Crippen molar-refractivity contribution in [2.45, 2.75) is 39.7 Å². The van der Waals surface area contributed by atoms with Gasteiger partial charge in [-0.15, -0.1) is 0 Å². The monoisotopic (exact) mass is 404 g/mol. The molecule has 1 atom stereocenters. The fraction of sp³-hybridized carbons (Fsp3) is 0.417. The summed E-state index contributed by atoms with van der Waals surface area (Å²) in [5.74, 6) is 2.66. The minimum absolute atomic E-state index is 0.0253. The molecule has 0 saturated carbocycles. The maximum absolute atomic E-state index is 13.3. The molecule has 0 radical (unpaired) electrons. The van der Waals surface area contributed by atoms with Gasteiger partial charge in [-0.3, -0.25) is 4.79 Å². The number of rotatable bonds is 3. The Kier molecular flexibility index (Phi) is 4.27. The first-order valence-corrected chi connectivity index (χ1v) is 10.7. The van der Waals surface area contributed by atoms with Crippen LogP contribution >= 0.6 is 0 Å². The van der Waals surface area contributed by atoms with Crippen molar-refractivity contribution in [2.75, 3.05) is 24.5 Å². The molecule has 6 nitrogen and oxygen atoms in total. The highest BCUT2D eigenvalue weighted by molar-refractivity contribution is 5.92. The summed E-state index contributed by atoms with van der Waals surface area (Å²) in [5.41, 5.74) is 3.08. The van der Waals surface area contributed by atoms with Crippen LogP contribution < -0.4 is 4.90 Å². The molecule has 2 aliphatic rings. The van der Waals surface area contributed by atoms with Crippen LogP contribution in [0.3, 0.4) is 0 Å². The van der Waals surface area contributed by atoms with Crippen molar-refractivity contribution in [3.05, 3.63) is 65.5 Å². The molecule has 1 spiro atoms. The third-order valence-electron chi connectivity index (χ3n) is 6.49. The van der Waals surface area contributed by atoms with Crippen molar-refractivity contribution < 1.29 is 9.21 Å². The maximum Gasteiger partial charge on any atom is 0.289 e. The number of carbonyl (C=O) groups is 1. The van der Waals surface area contributed by atoms with E-state index in [1.54, 1.807) is 0 Å². The number of anilines is 1. The Morgan fingerprint density at radius 3 is 2.83 bits per heavy atom. The topological polar surface area (TPSA) is 54.5 Å². The predicted molar refractivity (Wildman–Crippen MR) is 116 cm³/mol. The first-order valence-electron chi connectivity index (χ1n) is 10.7. The molecule has 3 aromatic heterocycles. The van der Waals surface area contributed by atoms with E-state index in [4.69, 9.17) is 4.42 Å². The molecule has 6 heteroatoms. The van der Waals surface area contributed by atoms with Crippen LogP contribution in [-0.2, 0) is 5.54 Å². The third-order valence-corrected chi connectivity index (χ3v) is 6.49. The van der Waals surface area contributed by atoms with Gasteiger partial charge in [0.25, 0.3) is 5.91 Å². The summed E-state index contributed by atoms with van der Waals surface area (Å²) in [4.78, 5) is 22.4. The molecule has 0 bridgehead atoms. The lowest BCUT2D eigenvalue weighted by molar-refractivity contribution is 0.0748. The highest BCUT2D eigenvalue weighted by Gasteiger charge is 2.51. The first kappa shape index (κ1) is 19.0. The smallest absolute Gasteiger partial charge is 0.289 e. The van der Waals surface area contributed by atoms with Gasteiger partial charge in [0.2, 0.25) is 0 Å². The van der Waals surface area contributed by atoms with Gasteiger partial charge in [-0.2, -0.15) is 0 Å². The molecule has 156 valence electrons. The minimum atomic E-state index is -0.268. The number of aromatic nitrogens is 2. The van der Waals surface area contributed by atoms with E-state index in [0.29, 0.717) is 24.8 Å². The van der Waals surface area contributed by atoms with Crippen molar-refractivity contribution in [3.63, 3.8) is 0 Å².